The molecule has 0 spiro atoms. The predicted octanol–water partition coefficient (Wildman–Crippen LogP) is -1.44. The van der Waals surface area contributed by atoms with Crippen LogP contribution in [-0.4, -0.2) is 110 Å². The summed E-state index contributed by atoms with van der Waals surface area (Å²) >= 11 is 0. The zero-order valence-corrected chi connectivity index (χ0v) is 25.8. The zero-order chi connectivity index (χ0) is 31.7. The largest absolute Gasteiger partial charge is 0.756 e. The van der Waals surface area contributed by atoms with Crippen LogP contribution in [0.15, 0.2) is 6.33 Å². The van der Waals surface area contributed by atoms with Crippen LogP contribution < -0.4 is 19.9 Å². The van der Waals surface area contributed by atoms with Gasteiger partial charge in [-0.3, -0.25) is 9.09 Å². The van der Waals surface area contributed by atoms with Gasteiger partial charge in [0, 0.05) is 6.42 Å². The fraction of sp³-hybridized carbons (Fsp3) is 0.773. The summed E-state index contributed by atoms with van der Waals surface area (Å²) in [5.41, 5.74) is 6.56. The Morgan fingerprint density at radius 1 is 1.12 bits per heavy atom. The second-order valence-electron chi connectivity index (χ2n) is 9.86. The van der Waals surface area contributed by atoms with Crippen LogP contribution in [0.2, 0.25) is 0 Å². The highest BCUT2D eigenvalue weighted by atomic mass is 31.3. The molecule has 6 N–H and O–H groups in total. The van der Waals surface area contributed by atoms with Crippen molar-refractivity contribution in [3.63, 3.8) is 0 Å². The summed E-state index contributed by atoms with van der Waals surface area (Å²) < 4.78 is 56.9. The molecule has 0 aromatic carbocycles. The van der Waals surface area contributed by atoms with Crippen molar-refractivity contribution in [2.45, 2.75) is 70.2 Å². The third-order valence-corrected chi connectivity index (χ3v) is 9.87. The average molecular weight is 657 g/mol. The highest BCUT2D eigenvalue weighted by Crippen LogP contribution is 2.58. The summed E-state index contributed by atoms with van der Waals surface area (Å²) in [5, 5.41) is 31.3. The first kappa shape index (κ1) is 34.1. The number of imidazole rings is 1. The zero-order valence-electron chi connectivity index (χ0n) is 24.0. The Balaban J connectivity index is 0.000000541. The van der Waals surface area contributed by atoms with Crippen LogP contribution in [0.1, 0.15) is 39.6 Å². The lowest BCUT2D eigenvalue weighted by atomic mass is 10.1. The Morgan fingerprint density at radius 2 is 1.77 bits per heavy atom. The minimum Gasteiger partial charge on any atom is -0.756 e. The van der Waals surface area contributed by atoms with Gasteiger partial charge in [0.2, 0.25) is 23.7 Å². The lowest BCUT2D eigenvalue weighted by Gasteiger charge is -2.26. The number of phosphoric ester groups is 2. The first-order valence-corrected chi connectivity index (χ1v) is 16.5. The van der Waals surface area contributed by atoms with Crippen LogP contribution in [-0.2, 0) is 32.0 Å². The van der Waals surface area contributed by atoms with Crippen molar-refractivity contribution in [1.82, 2.24) is 19.4 Å². The molecule has 2 saturated heterocycles. The number of aliphatic hydroxyl groups excluding tert-OH is 3. The summed E-state index contributed by atoms with van der Waals surface area (Å²) in [6, 6.07) is 0.00120. The number of fused-ring (bicyclic) bond motifs is 7. The summed E-state index contributed by atoms with van der Waals surface area (Å²) in [5.74, 6) is -0.0477. The minimum absolute atomic E-state index is 0.00120. The molecule has 2 aromatic heterocycles. The van der Waals surface area contributed by atoms with Crippen molar-refractivity contribution in [2.75, 3.05) is 45.7 Å². The van der Waals surface area contributed by atoms with E-state index in [9.17, 15) is 34.2 Å². The van der Waals surface area contributed by atoms with E-state index < -0.39 is 71.8 Å². The van der Waals surface area contributed by atoms with Crippen molar-refractivity contribution in [2.24, 2.45) is 0 Å². The second-order valence-corrected chi connectivity index (χ2v) is 12.9. The number of nitrogen functional groups attached to an aromatic ring is 1. The number of aliphatic hydroxyl groups is 3. The highest BCUT2D eigenvalue weighted by Gasteiger charge is 2.48. The molecule has 0 amide bonds. The minimum atomic E-state index is -5.46. The van der Waals surface area contributed by atoms with E-state index in [-0.39, 0.29) is 29.4 Å². The number of phosphoric acid groups is 2. The Kier molecular flexibility index (Phi) is 10.8. The fourth-order valence-corrected chi connectivity index (χ4v) is 6.96. The smallest absolute Gasteiger partial charge is 0.478 e. The maximum absolute atomic E-state index is 12.2. The Labute approximate surface area is 246 Å². The van der Waals surface area contributed by atoms with Gasteiger partial charge in [0.1, 0.15) is 30.6 Å². The average Bonchev–Trinajstić information content (AvgIpc) is 3.60. The standard InChI is InChI=1S/C16H23N5O13P2.C6H15N/c1-29-16-19-10-13(17)20-5-18-14(10)21(16)9-2-6(22)7(32-9)3-30-35(25,26)34-36(27,28)31-4-8-11(23)12(24)15(20)33-8;1-4-7(5-2)6-3/h5-9,11-12,15,17,22-24H,2-4H2,1H3,(H2,25,26,27,28);4-6H2,1-3H3/t6-,7+,8+,9+,11+,12+,15+;/m0./s1. The van der Waals surface area contributed by atoms with Gasteiger partial charge in [0.15, 0.2) is 0 Å². The normalized spacial score (nSPS) is 36.5. The lowest BCUT2D eigenvalue weighted by molar-refractivity contribution is -0.755. The van der Waals surface area contributed by atoms with Crippen molar-refractivity contribution in [3.05, 3.63) is 6.33 Å². The first-order chi connectivity index (χ1) is 20.3. The SMILES string of the molecule is CCN(CC)CC.COc1nc2c(N)[n+]3cnc2n1[C@H]1C[C@H](O)[C@@H](COP(=O)(O)OP(=O)([O-])OC[C@H]2O[C@@H]3[C@H](O)[C@@H]2O)O1. The van der Waals surface area contributed by atoms with E-state index in [1.54, 1.807) is 0 Å². The molecule has 2 aromatic rings. The van der Waals surface area contributed by atoms with Crippen LogP contribution in [0.3, 0.4) is 0 Å². The Morgan fingerprint density at radius 3 is 2.37 bits per heavy atom. The maximum Gasteiger partial charge on any atom is 0.478 e. The van der Waals surface area contributed by atoms with E-state index >= 15 is 0 Å². The summed E-state index contributed by atoms with van der Waals surface area (Å²) in [4.78, 5) is 32.9. The number of ether oxygens (including phenoxy) is 3. The molecule has 4 aliphatic rings. The molecule has 43 heavy (non-hydrogen) atoms. The van der Waals surface area contributed by atoms with Crippen LogP contribution in [0, 0.1) is 0 Å². The van der Waals surface area contributed by atoms with E-state index in [0.717, 1.165) is 0 Å². The predicted molar refractivity (Wildman–Crippen MR) is 143 cm³/mol. The van der Waals surface area contributed by atoms with Gasteiger partial charge in [0.05, 0.1) is 26.4 Å². The van der Waals surface area contributed by atoms with Crippen molar-refractivity contribution >= 4 is 32.6 Å². The van der Waals surface area contributed by atoms with Crippen LogP contribution in [0.4, 0.5) is 5.82 Å². The van der Waals surface area contributed by atoms with Crippen molar-refractivity contribution in [3.8, 4) is 6.01 Å². The topological polar surface area (TPSA) is 257 Å². The Bertz CT molecular complexity index is 1360. The summed E-state index contributed by atoms with van der Waals surface area (Å²) in [6.45, 7) is 8.51. The van der Waals surface area contributed by atoms with Gasteiger partial charge in [-0.25, -0.2) is 18.0 Å². The molecule has 2 fully saturated rings. The molecular formula is C22H38N6O13P2. The van der Waals surface area contributed by atoms with Crippen molar-refractivity contribution in [1.29, 1.82) is 0 Å². The number of hydrogen-bond acceptors (Lipinski definition) is 16. The maximum atomic E-state index is 12.2. The highest BCUT2D eigenvalue weighted by molar-refractivity contribution is 7.60. The number of nitrogens with two attached hydrogens (primary N) is 1. The second kappa shape index (κ2) is 13.7. The molecule has 9 atom stereocenters. The molecule has 2 unspecified atom stereocenters. The van der Waals surface area contributed by atoms with E-state index in [4.69, 9.17) is 24.5 Å². The number of hydrogen-bond donors (Lipinski definition) is 5. The first-order valence-electron chi connectivity index (χ1n) is 13.6. The van der Waals surface area contributed by atoms with E-state index in [1.165, 1.54) is 42.2 Å². The quantitative estimate of drug-likeness (QED) is 0.186. The van der Waals surface area contributed by atoms with Gasteiger partial charge < -0.3 is 54.5 Å². The molecule has 6 heterocycles. The van der Waals surface area contributed by atoms with Gasteiger partial charge in [-0.05, 0) is 19.6 Å². The number of rotatable bonds is 4. The van der Waals surface area contributed by atoms with E-state index in [1.807, 2.05) is 0 Å². The Hall–Kier alpha value is -1.83. The van der Waals surface area contributed by atoms with Crippen LogP contribution in [0.5, 0.6) is 6.01 Å². The fourth-order valence-electron chi connectivity index (χ4n) is 4.90. The molecular weight excluding hydrogens is 618 g/mol. The monoisotopic (exact) mass is 656 g/mol. The molecule has 0 saturated carbocycles. The van der Waals surface area contributed by atoms with Crippen LogP contribution >= 0.6 is 15.6 Å². The van der Waals surface area contributed by atoms with Crippen molar-refractivity contribution < 1.29 is 66.4 Å². The van der Waals surface area contributed by atoms with Gasteiger partial charge in [0.25, 0.3) is 13.6 Å². The van der Waals surface area contributed by atoms with Gasteiger partial charge in [-0.2, -0.15) is 4.98 Å². The number of anilines is 1. The third-order valence-electron chi connectivity index (χ3n) is 7.31. The molecule has 244 valence electrons. The summed E-state index contributed by atoms with van der Waals surface area (Å²) in [6.07, 6.45) is -8.17. The van der Waals surface area contributed by atoms with Gasteiger partial charge in [-0.1, -0.05) is 25.8 Å². The lowest BCUT2D eigenvalue weighted by Crippen LogP contribution is -2.48. The molecule has 4 aliphatic heterocycles. The number of nitrogens with zero attached hydrogens (tertiary/aromatic N) is 5. The van der Waals surface area contributed by atoms with Gasteiger partial charge >= 0.3 is 13.8 Å². The molecule has 21 heteroatoms. The number of methoxy groups -OCH3 is 1. The molecule has 19 nitrogen and oxygen atoms in total. The number of aromatic nitrogens is 4. The molecule has 0 radical (unpaired) electrons. The van der Waals surface area contributed by atoms with Crippen LogP contribution in [0.25, 0.3) is 11.2 Å². The molecule has 8 bridgehead atoms. The van der Waals surface area contributed by atoms with E-state index in [2.05, 4.69) is 44.5 Å². The third kappa shape index (κ3) is 7.36. The molecule has 6 rings (SSSR count). The molecule has 0 aliphatic carbocycles. The summed E-state index contributed by atoms with van der Waals surface area (Å²) in [7, 11) is -9.38. The van der Waals surface area contributed by atoms with E-state index in [0.29, 0.717) is 0 Å². The van der Waals surface area contributed by atoms with Gasteiger partial charge in [-0.15, -0.1) is 0 Å².